The Bertz CT molecular complexity index is 1520. The van der Waals surface area contributed by atoms with Crippen molar-refractivity contribution < 1.29 is 28.7 Å². The summed E-state index contributed by atoms with van der Waals surface area (Å²) in [5, 5.41) is 4.13. The summed E-state index contributed by atoms with van der Waals surface area (Å²) in [6.45, 7) is 22.1. The molecule has 0 aromatic heterocycles. The van der Waals surface area contributed by atoms with Crippen LogP contribution in [0.15, 0.2) is 72.8 Å². The SMILES string of the molecule is Cc1ccccc1CON1C(C)(C)CC(OC(=O)c2cccc(C(=O)OC3CC(C)(C)N(OCc4ccccc4C)C(C)(C)C3)c2)CC1(C)C. The highest BCUT2D eigenvalue weighted by Crippen LogP contribution is 2.42. The molecule has 2 saturated heterocycles. The normalized spacial score (nSPS) is 20.7. The van der Waals surface area contributed by atoms with Crippen LogP contribution < -0.4 is 0 Å². The van der Waals surface area contributed by atoms with Gasteiger partial charge in [-0.2, -0.15) is 10.1 Å². The van der Waals surface area contributed by atoms with Crippen molar-refractivity contribution in [3.8, 4) is 0 Å². The summed E-state index contributed by atoms with van der Waals surface area (Å²) < 4.78 is 12.2. The van der Waals surface area contributed by atoms with Gasteiger partial charge in [-0.3, -0.25) is 9.68 Å². The monoisotopic (exact) mass is 684 g/mol. The number of hydroxylamine groups is 4. The van der Waals surface area contributed by atoms with E-state index in [2.05, 4.69) is 104 Å². The predicted molar refractivity (Wildman–Crippen MR) is 195 cm³/mol. The van der Waals surface area contributed by atoms with Crippen LogP contribution >= 0.6 is 0 Å². The zero-order valence-electron chi connectivity index (χ0n) is 31.7. The van der Waals surface area contributed by atoms with Gasteiger partial charge in [0.25, 0.3) is 0 Å². The van der Waals surface area contributed by atoms with Crippen LogP contribution in [0, 0.1) is 13.8 Å². The van der Waals surface area contributed by atoms with E-state index < -0.39 is 11.9 Å². The molecule has 5 rings (SSSR count). The van der Waals surface area contributed by atoms with Gasteiger partial charge in [0, 0.05) is 47.8 Å². The number of carbonyl (C=O) groups excluding carboxylic acids is 2. The molecule has 2 aliphatic heterocycles. The first kappa shape index (κ1) is 37.7. The number of benzene rings is 3. The van der Waals surface area contributed by atoms with E-state index in [4.69, 9.17) is 19.1 Å². The maximum Gasteiger partial charge on any atom is 0.338 e. The zero-order chi connectivity index (χ0) is 36.5. The highest BCUT2D eigenvalue weighted by Gasteiger charge is 2.49. The second-order valence-electron chi connectivity index (χ2n) is 16.7. The van der Waals surface area contributed by atoms with Gasteiger partial charge in [0.2, 0.25) is 0 Å². The molecular weight excluding hydrogens is 628 g/mol. The second kappa shape index (κ2) is 14.6. The third kappa shape index (κ3) is 8.65. The van der Waals surface area contributed by atoms with E-state index in [-0.39, 0.29) is 34.4 Å². The molecule has 8 nitrogen and oxygen atoms in total. The minimum atomic E-state index is -0.452. The van der Waals surface area contributed by atoms with Crippen LogP contribution in [-0.4, -0.2) is 56.4 Å². The highest BCUT2D eigenvalue weighted by molar-refractivity contribution is 5.95. The Morgan fingerprint density at radius 1 is 0.560 bits per heavy atom. The molecule has 0 N–H and O–H groups in total. The van der Waals surface area contributed by atoms with E-state index in [1.165, 1.54) is 11.1 Å². The number of nitrogens with zero attached hydrogens (tertiary/aromatic N) is 2. The summed E-state index contributed by atoms with van der Waals surface area (Å²) in [6.07, 6.45) is 1.80. The minimum absolute atomic E-state index is 0.316. The number of esters is 2. The number of piperidine rings is 2. The molecule has 0 atom stereocenters. The lowest BCUT2D eigenvalue weighted by atomic mass is 9.80. The van der Waals surface area contributed by atoms with Crippen molar-refractivity contribution in [1.29, 1.82) is 0 Å². The lowest BCUT2D eigenvalue weighted by Crippen LogP contribution is -2.62. The van der Waals surface area contributed by atoms with Gasteiger partial charge >= 0.3 is 11.9 Å². The van der Waals surface area contributed by atoms with Crippen molar-refractivity contribution in [2.24, 2.45) is 0 Å². The average molecular weight is 685 g/mol. The Morgan fingerprint density at radius 3 is 1.24 bits per heavy atom. The van der Waals surface area contributed by atoms with Crippen molar-refractivity contribution in [2.45, 2.75) is 142 Å². The largest absolute Gasteiger partial charge is 0.459 e. The molecule has 0 amide bonds. The molecule has 0 aliphatic carbocycles. The molecule has 0 spiro atoms. The molecular formula is C42H56N2O6. The van der Waals surface area contributed by atoms with E-state index in [0.29, 0.717) is 50.0 Å². The fourth-order valence-corrected chi connectivity index (χ4v) is 8.23. The molecule has 0 bridgehead atoms. The Morgan fingerprint density at radius 2 is 0.900 bits per heavy atom. The number of hydrogen-bond donors (Lipinski definition) is 0. The summed E-state index contributed by atoms with van der Waals surface area (Å²) in [5.41, 5.74) is 3.78. The summed E-state index contributed by atoms with van der Waals surface area (Å²) in [7, 11) is 0. The van der Waals surface area contributed by atoms with Crippen LogP contribution in [0.5, 0.6) is 0 Å². The van der Waals surface area contributed by atoms with Gasteiger partial charge < -0.3 is 9.47 Å². The van der Waals surface area contributed by atoms with E-state index in [1.807, 2.05) is 24.3 Å². The topological polar surface area (TPSA) is 77.5 Å². The lowest BCUT2D eigenvalue weighted by Gasteiger charge is -2.53. The Kier molecular flexibility index (Phi) is 11.0. The second-order valence-corrected chi connectivity index (χ2v) is 16.7. The number of hydrogen-bond acceptors (Lipinski definition) is 8. The molecule has 8 heteroatoms. The van der Waals surface area contributed by atoms with Crippen LogP contribution in [-0.2, 0) is 32.4 Å². The third-order valence-corrected chi connectivity index (χ3v) is 10.2. The van der Waals surface area contributed by atoms with Crippen LogP contribution in [0.2, 0.25) is 0 Å². The van der Waals surface area contributed by atoms with Crippen LogP contribution in [0.25, 0.3) is 0 Å². The van der Waals surface area contributed by atoms with E-state index >= 15 is 0 Å². The first-order valence-corrected chi connectivity index (χ1v) is 17.9. The molecule has 270 valence electrons. The Labute approximate surface area is 298 Å². The summed E-state index contributed by atoms with van der Waals surface area (Å²) in [4.78, 5) is 39.8. The molecule has 3 aromatic rings. The van der Waals surface area contributed by atoms with Gasteiger partial charge in [0.15, 0.2) is 0 Å². The van der Waals surface area contributed by atoms with Crippen molar-refractivity contribution in [2.75, 3.05) is 0 Å². The molecule has 0 radical (unpaired) electrons. The number of rotatable bonds is 10. The average Bonchev–Trinajstić information content (AvgIpc) is 3.00. The fourth-order valence-electron chi connectivity index (χ4n) is 8.23. The maximum atomic E-state index is 13.5. The quantitative estimate of drug-likeness (QED) is 0.196. The van der Waals surface area contributed by atoms with Gasteiger partial charge in [0.1, 0.15) is 12.2 Å². The lowest BCUT2D eigenvalue weighted by molar-refractivity contribution is -0.298. The van der Waals surface area contributed by atoms with Gasteiger partial charge in [0.05, 0.1) is 24.3 Å². The van der Waals surface area contributed by atoms with Crippen LogP contribution in [0.3, 0.4) is 0 Å². The van der Waals surface area contributed by atoms with Crippen molar-refractivity contribution in [3.63, 3.8) is 0 Å². The van der Waals surface area contributed by atoms with Crippen LogP contribution in [0.1, 0.15) is 124 Å². The van der Waals surface area contributed by atoms with Gasteiger partial charge in [-0.1, -0.05) is 54.6 Å². The van der Waals surface area contributed by atoms with Crippen LogP contribution in [0.4, 0.5) is 0 Å². The molecule has 3 aromatic carbocycles. The Balaban J connectivity index is 1.19. The standard InChI is InChI=1S/C42H56N2O6/c1-29-16-11-13-18-33(29)27-47-43-39(3,4)23-35(24-40(43,5)6)49-37(45)31-20-15-21-32(22-31)38(46)50-36-25-41(7,8)44(42(9,10)26-36)48-28-34-19-14-12-17-30(34)2/h11-22,35-36H,23-28H2,1-10H3. The fraction of sp³-hybridized carbons (Fsp3) is 0.524. The summed E-state index contributed by atoms with van der Waals surface area (Å²) in [5.74, 6) is -0.904. The number of carbonyl (C=O) groups is 2. The van der Waals surface area contributed by atoms with Crippen molar-refractivity contribution >= 4 is 11.9 Å². The smallest absolute Gasteiger partial charge is 0.338 e. The minimum Gasteiger partial charge on any atom is -0.459 e. The van der Waals surface area contributed by atoms with E-state index in [9.17, 15) is 9.59 Å². The molecule has 50 heavy (non-hydrogen) atoms. The summed E-state index contributed by atoms with van der Waals surface area (Å²) in [6, 6.07) is 23.1. The van der Waals surface area contributed by atoms with Gasteiger partial charge in [-0.05, 0) is 110 Å². The van der Waals surface area contributed by atoms with Crippen molar-refractivity contribution in [1.82, 2.24) is 10.1 Å². The first-order valence-electron chi connectivity index (χ1n) is 17.9. The molecule has 0 unspecified atom stereocenters. The predicted octanol–water partition coefficient (Wildman–Crippen LogP) is 8.92. The zero-order valence-corrected chi connectivity index (χ0v) is 31.7. The first-order chi connectivity index (χ1) is 23.4. The van der Waals surface area contributed by atoms with Gasteiger partial charge in [-0.15, -0.1) is 0 Å². The Hall–Kier alpha value is -3.56. The molecule has 2 heterocycles. The summed E-state index contributed by atoms with van der Waals surface area (Å²) >= 11 is 0. The highest BCUT2D eigenvalue weighted by atomic mass is 16.7. The van der Waals surface area contributed by atoms with E-state index in [0.717, 1.165) is 11.1 Å². The van der Waals surface area contributed by atoms with E-state index in [1.54, 1.807) is 24.3 Å². The molecule has 2 fully saturated rings. The maximum absolute atomic E-state index is 13.5. The third-order valence-electron chi connectivity index (χ3n) is 10.2. The molecule has 2 aliphatic rings. The number of aryl methyl sites for hydroxylation is 2. The molecule has 0 saturated carbocycles. The van der Waals surface area contributed by atoms with Gasteiger partial charge in [-0.25, -0.2) is 9.59 Å². The van der Waals surface area contributed by atoms with Crippen molar-refractivity contribution in [3.05, 3.63) is 106 Å². The number of ether oxygens (including phenoxy) is 2.